The van der Waals surface area contributed by atoms with Gasteiger partial charge in [-0.2, -0.15) is 4.31 Å². The Kier molecular flexibility index (Phi) is 4.42. The Balaban J connectivity index is 2.42. The lowest BCUT2D eigenvalue weighted by molar-refractivity contribution is 0.263. The number of sulfonamides is 1. The fourth-order valence-corrected chi connectivity index (χ4v) is 5.04. The van der Waals surface area contributed by atoms with Crippen molar-refractivity contribution in [1.29, 1.82) is 0 Å². The van der Waals surface area contributed by atoms with Crippen molar-refractivity contribution in [1.82, 2.24) is 9.62 Å². The van der Waals surface area contributed by atoms with Gasteiger partial charge in [-0.3, -0.25) is 0 Å². The van der Waals surface area contributed by atoms with E-state index in [2.05, 4.69) is 5.32 Å². The van der Waals surface area contributed by atoms with E-state index < -0.39 is 10.0 Å². The molecule has 1 saturated heterocycles. The SMILES string of the molecule is CC1CN(S(=O)(=O)c2c(Cl)cccc2Cl)CC(C)N1. The molecule has 0 spiro atoms. The average molecular weight is 323 g/mol. The molecule has 2 atom stereocenters. The molecular weight excluding hydrogens is 307 g/mol. The summed E-state index contributed by atoms with van der Waals surface area (Å²) >= 11 is 12.0. The molecule has 7 heteroatoms. The van der Waals surface area contributed by atoms with Crippen LogP contribution in [0.15, 0.2) is 23.1 Å². The molecule has 1 aromatic carbocycles. The molecular formula is C12H16Cl2N2O2S. The van der Waals surface area contributed by atoms with Crippen molar-refractivity contribution < 1.29 is 8.42 Å². The van der Waals surface area contributed by atoms with Gasteiger partial charge >= 0.3 is 0 Å². The van der Waals surface area contributed by atoms with Gasteiger partial charge in [-0.05, 0) is 26.0 Å². The first-order chi connectivity index (χ1) is 8.82. The monoisotopic (exact) mass is 322 g/mol. The van der Waals surface area contributed by atoms with Gasteiger partial charge in [-0.15, -0.1) is 0 Å². The Morgan fingerprint density at radius 1 is 1.16 bits per heavy atom. The minimum atomic E-state index is -3.66. The molecule has 19 heavy (non-hydrogen) atoms. The number of hydrogen-bond acceptors (Lipinski definition) is 3. The Morgan fingerprint density at radius 3 is 2.11 bits per heavy atom. The first-order valence-corrected chi connectivity index (χ1v) is 8.22. The first kappa shape index (κ1) is 15.1. The second-order valence-electron chi connectivity index (χ2n) is 4.84. The predicted molar refractivity (Wildman–Crippen MR) is 77.3 cm³/mol. The largest absolute Gasteiger partial charge is 0.309 e. The van der Waals surface area contributed by atoms with Crippen LogP contribution in [0.2, 0.25) is 10.0 Å². The minimum Gasteiger partial charge on any atom is -0.309 e. The van der Waals surface area contributed by atoms with Crippen molar-refractivity contribution in [2.45, 2.75) is 30.8 Å². The lowest BCUT2D eigenvalue weighted by Gasteiger charge is -2.35. The van der Waals surface area contributed by atoms with E-state index in [1.165, 1.54) is 16.4 Å². The number of nitrogens with zero attached hydrogens (tertiary/aromatic N) is 1. The van der Waals surface area contributed by atoms with E-state index in [4.69, 9.17) is 23.2 Å². The lowest BCUT2D eigenvalue weighted by atomic mass is 10.2. The van der Waals surface area contributed by atoms with Crippen LogP contribution < -0.4 is 5.32 Å². The lowest BCUT2D eigenvalue weighted by Crippen LogP contribution is -2.55. The molecule has 1 fully saturated rings. The van der Waals surface area contributed by atoms with E-state index in [1.54, 1.807) is 6.07 Å². The van der Waals surface area contributed by atoms with Gasteiger partial charge in [0.15, 0.2) is 0 Å². The zero-order valence-electron chi connectivity index (χ0n) is 10.7. The third-order valence-corrected chi connectivity index (χ3v) is 5.83. The number of piperazine rings is 1. The summed E-state index contributed by atoms with van der Waals surface area (Å²) in [6.07, 6.45) is 0. The maximum atomic E-state index is 12.6. The third-order valence-electron chi connectivity index (χ3n) is 3.04. The fourth-order valence-electron chi connectivity index (χ4n) is 2.33. The highest BCUT2D eigenvalue weighted by Gasteiger charge is 2.33. The smallest absolute Gasteiger partial charge is 0.246 e. The van der Waals surface area contributed by atoms with Crippen LogP contribution in [0, 0.1) is 0 Å². The molecule has 0 amide bonds. The molecule has 0 aromatic heterocycles. The molecule has 1 aromatic rings. The Hall–Kier alpha value is -0.330. The molecule has 1 aliphatic heterocycles. The van der Waals surface area contributed by atoms with E-state index in [0.29, 0.717) is 13.1 Å². The molecule has 2 rings (SSSR count). The van der Waals surface area contributed by atoms with Gasteiger partial charge in [0.2, 0.25) is 10.0 Å². The predicted octanol–water partition coefficient (Wildman–Crippen LogP) is 2.36. The summed E-state index contributed by atoms with van der Waals surface area (Å²) in [7, 11) is -3.66. The van der Waals surface area contributed by atoms with E-state index in [-0.39, 0.29) is 27.0 Å². The molecule has 0 radical (unpaired) electrons. The normalized spacial score (nSPS) is 25.5. The van der Waals surface area contributed by atoms with Gasteiger partial charge in [-0.25, -0.2) is 8.42 Å². The molecule has 1 aliphatic rings. The van der Waals surface area contributed by atoms with Gasteiger partial charge in [0.25, 0.3) is 0 Å². The van der Waals surface area contributed by atoms with Crippen LogP contribution in [0.1, 0.15) is 13.8 Å². The summed E-state index contributed by atoms with van der Waals surface area (Å²) in [6, 6.07) is 4.90. The highest BCUT2D eigenvalue weighted by Crippen LogP contribution is 2.32. The molecule has 0 aliphatic carbocycles. The summed E-state index contributed by atoms with van der Waals surface area (Å²) in [5, 5.41) is 3.61. The van der Waals surface area contributed by atoms with E-state index in [1.807, 2.05) is 13.8 Å². The molecule has 1 N–H and O–H groups in total. The van der Waals surface area contributed by atoms with Gasteiger partial charge in [0.05, 0.1) is 10.0 Å². The standard InChI is InChI=1S/C12H16Cl2N2O2S/c1-8-6-16(7-9(2)15-8)19(17,18)12-10(13)4-3-5-11(12)14/h3-5,8-9,15H,6-7H2,1-2H3. The Labute approximate surface area is 123 Å². The van der Waals surface area contributed by atoms with Crippen LogP contribution in [0.5, 0.6) is 0 Å². The summed E-state index contributed by atoms with van der Waals surface area (Å²) in [5.74, 6) is 0. The summed E-state index contributed by atoms with van der Waals surface area (Å²) < 4.78 is 26.7. The van der Waals surface area contributed by atoms with Crippen LogP contribution in [0.25, 0.3) is 0 Å². The molecule has 106 valence electrons. The topological polar surface area (TPSA) is 49.4 Å². The first-order valence-electron chi connectivity index (χ1n) is 6.02. The van der Waals surface area contributed by atoms with Crippen LogP contribution in [-0.2, 0) is 10.0 Å². The zero-order valence-corrected chi connectivity index (χ0v) is 13.1. The van der Waals surface area contributed by atoms with Crippen LogP contribution in [0.4, 0.5) is 0 Å². The molecule has 2 unspecified atom stereocenters. The number of rotatable bonds is 2. The maximum Gasteiger partial charge on any atom is 0.246 e. The van der Waals surface area contributed by atoms with E-state index >= 15 is 0 Å². The number of halogens is 2. The summed E-state index contributed by atoms with van der Waals surface area (Å²) in [5.41, 5.74) is 0. The summed E-state index contributed by atoms with van der Waals surface area (Å²) in [4.78, 5) is -0.000340. The van der Waals surface area contributed by atoms with Crippen molar-refractivity contribution in [3.05, 3.63) is 28.2 Å². The molecule has 4 nitrogen and oxygen atoms in total. The van der Waals surface area contributed by atoms with Crippen LogP contribution >= 0.6 is 23.2 Å². The molecule has 0 bridgehead atoms. The Bertz CT molecular complexity index is 547. The third kappa shape index (κ3) is 3.06. The van der Waals surface area contributed by atoms with E-state index in [0.717, 1.165) is 0 Å². The minimum absolute atomic E-state index is 0.000340. The summed E-state index contributed by atoms with van der Waals surface area (Å²) in [6.45, 7) is 4.72. The van der Waals surface area contributed by atoms with Gasteiger partial charge in [0.1, 0.15) is 4.90 Å². The number of hydrogen-bond donors (Lipinski definition) is 1. The number of nitrogens with one attached hydrogen (secondary N) is 1. The second-order valence-corrected chi connectivity index (χ2v) is 7.53. The van der Waals surface area contributed by atoms with Gasteiger partial charge < -0.3 is 5.32 Å². The zero-order chi connectivity index (χ0) is 14.2. The second kappa shape index (κ2) is 5.58. The van der Waals surface area contributed by atoms with Crippen LogP contribution in [0.3, 0.4) is 0 Å². The highest BCUT2D eigenvalue weighted by atomic mass is 35.5. The highest BCUT2D eigenvalue weighted by molar-refractivity contribution is 7.89. The quantitative estimate of drug-likeness (QED) is 0.909. The Morgan fingerprint density at radius 2 is 1.63 bits per heavy atom. The average Bonchev–Trinajstić information content (AvgIpc) is 2.26. The van der Waals surface area contributed by atoms with Crippen molar-refractivity contribution >= 4 is 33.2 Å². The molecule has 0 saturated carbocycles. The molecule has 1 heterocycles. The fraction of sp³-hybridized carbons (Fsp3) is 0.500. The van der Waals surface area contributed by atoms with Crippen molar-refractivity contribution in [3.8, 4) is 0 Å². The van der Waals surface area contributed by atoms with Crippen molar-refractivity contribution in [3.63, 3.8) is 0 Å². The van der Waals surface area contributed by atoms with E-state index in [9.17, 15) is 8.42 Å². The van der Waals surface area contributed by atoms with Gasteiger partial charge in [-0.1, -0.05) is 29.3 Å². The van der Waals surface area contributed by atoms with Crippen molar-refractivity contribution in [2.24, 2.45) is 0 Å². The number of benzene rings is 1. The van der Waals surface area contributed by atoms with Crippen LogP contribution in [-0.4, -0.2) is 37.9 Å². The van der Waals surface area contributed by atoms with Crippen molar-refractivity contribution in [2.75, 3.05) is 13.1 Å². The maximum absolute atomic E-state index is 12.6. The van der Waals surface area contributed by atoms with Gasteiger partial charge in [0, 0.05) is 25.2 Å².